The monoisotopic (exact) mass is 244 g/mol. The highest BCUT2D eigenvalue weighted by Crippen LogP contribution is 2.39. The Hall–Kier alpha value is -0.0500. The lowest BCUT2D eigenvalue weighted by Crippen LogP contribution is -2.19. The fourth-order valence-electron chi connectivity index (χ4n) is 2.19. The minimum atomic E-state index is 0.179. The van der Waals surface area contributed by atoms with Crippen molar-refractivity contribution in [2.24, 2.45) is 5.92 Å². The van der Waals surface area contributed by atoms with E-state index >= 15 is 0 Å². The predicted molar refractivity (Wildman–Crippen MR) is 65.9 cm³/mol. The third-order valence-corrected chi connectivity index (χ3v) is 4.63. The van der Waals surface area contributed by atoms with Gasteiger partial charge in [-0.3, -0.25) is 0 Å². The Morgan fingerprint density at radius 3 is 2.60 bits per heavy atom. The van der Waals surface area contributed by atoms with E-state index in [9.17, 15) is 0 Å². The van der Waals surface area contributed by atoms with E-state index < -0.39 is 0 Å². The molecule has 2 heterocycles. The van der Waals surface area contributed by atoms with Crippen LogP contribution in [0.25, 0.3) is 0 Å². The molecule has 0 spiro atoms. The highest BCUT2D eigenvalue weighted by atomic mass is 35.5. The number of hydrogen-bond acceptors (Lipinski definition) is 2. The van der Waals surface area contributed by atoms with Gasteiger partial charge in [0, 0.05) is 23.0 Å². The van der Waals surface area contributed by atoms with E-state index in [1.165, 1.54) is 15.3 Å². The van der Waals surface area contributed by atoms with Gasteiger partial charge in [-0.05, 0) is 44.2 Å². The number of ether oxygens (including phenoxy) is 1. The summed E-state index contributed by atoms with van der Waals surface area (Å²) in [5, 5.41) is 0.179. The van der Waals surface area contributed by atoms with E-state index in [0.29, 0.717) is 5.92 Å². The Morgan fingerprint density at radius 2 is 2.07 bits per heavy atom. The van der Waals surface area contributed by atoms with Crippen LogP contribution in [0.2, 0.25) is 0 Å². The number of rotatable bonds is 2. The van der Waals surface area contributed by atoms with Gasteiger partial charge in [0.15, 0.2) is 0 Å². The number of aryl methyl sites for hydroxylation is 2. The maximum atomic E-state index is 6.55. The molecular formula is C12H17ClOS. The largest absolute Gasteiger partial charge is 0.381 e. The average molecular weight is 245 g/mol. The molecular weight excluding hydrogens is 228 g/mol. The van der Waals surface area contributed by atoms with Gasteiger partial charge in [0.2, 0.25) is 0 Å². The predicted octanol–water partition coefficient (Wildman–Crippen LogP) is 4.07. The molecule has 0 radical (unpaired) electrons. The van der Waals surface area contributed by atoms with Crippen LogP contribution in [-0.2, 0) is 4.74 Å². The Balaban J connectivity index is 2.12. The van der Waals surface area contributed by atoms with Crippen LogP contribution in [0.15, 0.2) is 6.07 Å². The van der Waals surface area contributed by atoms with Crippen LogP contribution in [-0.4, -0.2) is 13.2 Å². The van der Waals surface area contributed by atoms with Crippen molar-refractivity contribution >= 4 is 22.9 Å². The smallest absolute Gasteiger partial charge is 0.0625 e. The molecule has 1 saturated heterocycles. The number of thiophene rings is 1. The molecule has 0 N–H and O–H groups in total. The normalized spacial score (nSPS) is 20.5. The lowest BCUT2D eigenvalue weighted by Gasteiger charge is -2.26. The molecule has 0 bridgehead atoms. The molecule has 1 aromatic heterocycles. The summed E-state index contributed by atoms with van der Waals surface area (Å²) >= 11 is 8.40. The van der Waals surface area contributed by atoms with Gasteiger partial charge < -0.3 is 4.74 Å². The first-order chi connectivity index (χ1) is 7.18. The van der Waals surface area contributed by atoms with E-state index in [-0.39, 0.29) is 5.38 Å². The van der Waals surface area contributed by atoms with Crippen LogP contribution in [0.3, 0.4) is 0 Å². The van der Waals surface area contributed by atoms with Crippen molar-refractivity contribution in [1.82, 2.24) is 0 Å². The summed E-state index contributed by atoms with van der Waals surface area (Å²) in [4.78, 5) is 2.74. The van der Waals surface area contributed by atoms with E-state index in [1.807, 2.05) is 11.3 Å². The molecule has 0 aliphatic carbocycles. The molecule has 0 saturated carbocycles. The van der Waals surface area contributed by atoms with E-state index in [1.54, 1.807) is 0 Å². The lowest BCUT2D eigenvalue weighted by atomic mass is 9.92. The topological polar surface area (TPSA) is 9.23 Å². The van der Waals surface area contributed by atoms with Gasteiger partial charge in [0.05, 0.1) is 5.38 Å². The second-order valence-corrected chi connectivity index (χ2v) is 6.15. The Kier molecular flexibility index (Phi) is 3.70. The number of hydrogen-bond donors (Lipinski definition) is 0. The molecule has 1 unspecified atom stereocenters. The maximum Gasteiger partial charge on any atom is 0.0625 e. The summed E-state index contributed by atoms with van der Waals surface area (Å²) in [6, 6.07) is 2.24. The lowest BCUT2D eigenvalue weighted by molar-refractivity contribution is 0.0650. The zero-order chi connectivity index (χ0) is 10.8. The SMILES string of the molecule is Cc1cc(C(Cl)C2CCOCC2)c(C)s1. The van der Waals surface area contributed by atoms with E-state index in [0.717, 1.165) is 26.1 Å². The Labute approximate surface area is 100 Å². The molecule has 0 amide bonds. The highest BCUT2D eigenvalue weighted by Gasteiger charge is 2.25. The summed E-state index contributed by atoms with van der Waals surface area (Å²) in [5.74, 6) is 0.591. The van der Waals surface area contributed by atoms with Crippen LogP contribution in [0.5, 0.6) is 0 Å². The first kappa shape index (κ1) is 11.4. The van der Waals surface area contributed by atoms with Gasteiger partial charge in [-0.15, -0.1) is 22.9 Å². The minimum Gasteiger partial charge on any atom is -0.381 e. The van der Waals surface area contributed by atoms with Gasteiger partial charge >= 0.3 is 0 Å². The maximum absolute atomic E-state index is 6.55. The van der Waals surface area contributed by atoms with Crippen LogP contribution in [0.1, 0.15) is 33.5 Å². The highest BCUT2D eigenvalue weighted by molar-refractivity contribution is 7.12. The molecule has 84 valence electrons. The van der Waals surface area contributed by atoms with Crippen molar-refractivity contribution in [2.75, 3.05) is 13.2 Å². The fraction of sp³-hybridized carbons (Fsp3) is 0.667. The van der Waals surface area contributed by atoms with Crippen molar-refractivity contribution in [3.05, 3.63) is 21.4 Å². The third-order valence-electron chi connectivity index (χ3n) is 3.06. The summed E-state index contributed by atoms with van der Waals surface area (Å²) in [7, 11) is 0. The minimum absolute atomic E-state index is 0.179. The van der Waals surface area contributed by atoms with Crippen molar-refractivity contribution in [3.63, 3.8) is 0 Å². The first-order valence-corrected chi connectivity index (χ1v) is 6.72. The van der Waals surface area contributed by atoms with E-state index in [4.69, 9.17) is 16.3 Å². The Morgan fingerprint density at radius 1 is 1.40 bits per heavy atom. The molecule has 15 heavy (non-hydrogen) atoms. The summed E-state index contributed by atoms with van der Waals surface area (Å²) in [5.41, 5.74) is 1.34. The van der Waals surface area contributed by atoms with Gasteiger partial charge in [0.25, 0.3) is 0 Å². The van der Waals surface area contributed by atoms with Crippen molar-refractivity contribution in [1.29, 1.82) is 0 Å². The molecule has 1 nitrogen and oxygen atoms in total. The van der Waals surface area contributed by atoms with E-state index in [2.05, 4.69) is 19.9 Å². The van der Waals surface area contributed by atoms with Crippen LogP contribution in [0.4, 0.5) is 0 Å². The molecule has 1 atom stereocenters. The average Bonchev–Trinajstić information content (AvgIpc) is 2.58. The zero-order valence-electron chi connectivity index (χ0n) is 9.25. The number of alkyl halides is 1. The quantitative estimate of drug-likeness (QED) is 0.713. The van der Waals surface area contributed by atoms with Crippen LogP contribution < -0.4 is 0 Å². The third kappa shape index (κ3) is 2.55. The molecule has 2 rings (SSSR count). The van der Waals surface area contributed by atoms with Gasteiger partial charge in [-0.25, -0.2) is 0 Å². The molecule has 1 aromatic rings. The van der Waals surface area contributed by atoms with Crippen LogP contribution >= 0.6 is 22.9 Å². The molecule has 1 aliphatic heterocycles. The van der Waals surface area contributed by atoms with Crippen LogP contribution in [0, 0.1) is 19.8 Å². The fourth-order valence-corrected chi connectivity index (χ4v) is 3.70. The molecule has 0 aromatic carbocycles. The zero-order valence-corrected chi connectivity index (χ0v) is 10.8. The first-order valence-electron chi connectivity index (χ1n) is 5.47. The second kappa shape index (κ2) is 4.86. The van der Waals surface area contributed by atoms with Gasteiger partial charge in [-0.1, -0.05) is 0 Å². The summed E-state index contributed by atoms with van der Waals surface area (Å²) < 4.78 is 5.37. The summed E-state index contributed by atoms with van der Waals surface area (Å²) in [6.07, 6.45) is 2.20. The summed E-state index contributed by atoms with van der Waals surface area (Å²) in [6.45, 7) is 6.06. The molecule has 1 aliphatic rings. The van der Waals surface area contributed by atoms with Gasteiger partial charge in [-0.2, -0.15) is 0 Å². The second-order valence-electron chi connectivity index (χ2n) is 4.22. The number of halogens is 1. The molecule has 1 fully saturated rings. The van der Waals surface area contributed by atoms with Gasteiger partial charge in [0.1, 0.15) is 0 Å². The molecule has 3 heteroatoms. The van der Waals surface area contributed by atoms with Crippen molar-refractivity contribution in [2.45, 2.75) is 32.1 Å². The standard InChI is InChI=1S/C12H17ClOS/c1-8-7-11(9(2)15-8)12(13)10-3-5-14-6-4-10/h7,10,12H,3-6H2,1-2H3. The van der Waals surface area contributed by atoms with Crippen molar-refractivity contribution < 1.29 is 4.74 Å². The van der Waals surface area contributed by atoms with Crippen molar-refractivity contribution in [3.8, 4) is 0 Å². The Bertz CT molecular complexity index is 328.